The molecule has 1 N–H and O–H groups in total. The molecule has 4 fully saturated rings. The molecule has 6 aliphatic rings. The fourth-order valence-corrected chi connectivity index (χ4v) is 10.0. The third-order valence-corrected chi connectivity index (χ3v) is 12.2. The molecule has 6 atom stereocenters. The topological polar surface area (TPSA) is 32.7 Å². The number of piperazine rings is 1. The van der Waals surface area contributed by atoms with Crippen LogP contribution in [0.3, 0.4) is 0 Å². The average molecular weight is 512 g/mol. The normalized spacial score (nSPS) is 41.7. The lowest BCUT2D eigenvalue weighted by atomic mass is 9.58. The molecule has 2 saturated heterocycles. The van der Waals surface area contributed by atoms with E-state index in [0.717, 1.165) is 64.7 Å². The van der Waals surface area contributed by atoms with E-state index < -0.39 is 0 Å². The third kappa shape index (κ3) is 3.18. The number of rotatable bonds is 2. The maximum Gasteiger partial charge on any atom is 0.122 e. The van der Waals surface area contributed by atoms with Crippen molar-refractivity contribution in [3.63, 3.8) is 0 Å². The maximum atomic E-state index is 11.7. The lowest BCUT2D eigenvalue weighted by Crippen LogP contribution is -2.64. The van der Waals surface area contributed by atoms with Gasteiger partial charge >= 0.3 is 0 Å². The summed E-state index contributed by atoms with van der Waals surface area (Å²) in [5, 5.41) is 14.4. The molecule has 4 heteroatoms. The van der Waals surface area contributed by atoms with E-state index >= 15 is 0 Å². The first-order valence-corrected chi connectivity index (χ1v) is 15.2. The van der Waals surface area contributed by atoms with E-state index in [-0.39, 0.29) is 21.3 Å². The molecular formula is C34H43N2O2+. The van der Waals surface area contributed by atoms with Crippen molar-refractivity contribution in [3.8, 4) is 0 Å². The number of hydrogen-bond donors (Lipinski definition) is 1. The summed E-state index contributed by atoms with van der Waals surface area (Å²) in [4.78, 5) is 2.35. The van der Waals surface area contributed by atoms with Gasteiger partial charge in [-0.25, -0.2) is 5.21 Å². The molecule has 0 radical (unpaired) electrons. The second-order valence-electron chi connectivity index (χ2n) is 13.9. The van der Waals surface area contributed by atoms with Crippen molar-refractivity contribution in [2.24, 2.45) is 11.3 Å². The molecule has 0 amide bonds. The number of ether oxygens (including phenoxy) is 1. The monoisotopic (exact) mass is 511 g/mol. The Balaban J connectivity index is 1.12. The minimum atomic E-state index is -0.156. The largest absolute Gasteiger partial charge is 0.359 e. The van der Waals surface area contributed by atoms with Crippen LogP contribution in [0.1, 0.15) is 69.8 Å². The van der Waals surface area contributed by atoms with Gasteiger partial charge in [0.1, 0.15) is 19.1 Å². The molecule has 2 aromatic rings. The zero-order valence-corrected chi connectivity index (χ0v) is 23.2. The first-order valence-electron chi connectivity index (χ1n) is 15.2. The number of allylic oxidation sites excluding steroid dienone is 1. The molecule has 3 aliphatic heterocycles. The molecule has 3 aliphatic carbocycles. The Morgan fingerprint density at radius 1 is 1.00 bits per heavy atom. The van der Waals surface area contributed by atoms with Gasteiger partial charge in [-0.15, -0.1) is 0 Å². The van der Waals surface area contributed by atoms with Crippen LogP contribution in [-0.2, 0) is 4.74 Å². The standard InChI is InChI=1S/C34H43N2O2/c1-32-14-13-28-22-27-9-10-29(36(37)19-17-35(2)18-20-36)23-33(27)15-16-34(28,38-33)31(32)12-11-30(32)26-8-7-24-5-3-4-6-25(24)21-26/h3-8,13,21-22,29-31,37H,9-12,14-20,23H2,1-2H3/q+1/t29-,30-,31-,32-,33-,34-/m1/s1. The van der Waals surface area contributed by atoms with Crippen LogP contribution in [0, 0.1) is 11.3 Å². The summed E-state index contributed by atoms with van der Waals surface area (Å²) in [6.45, 7) is 6.23. The smallest absolute Gasteiger partial charge is 0.122 e. The number of quaternary nitrogens is 1. The highest BCUT2D eigenvalue weighted by Gasteiger charge is 2.67. The summed E-state index contributed by atoms with van der Waals surface area (Å²) >= 11 is 0. The lowest BCUT2D eigenvalue weighted by Gasteiger charge is -2.55. The van der Waals surface area contributed by atoms with Crippen LogP contribution in [0.15, 0.2) is 65.8 Å². The molecule has 2 aromatic carbocycles. The SMILES string of the molecule is CN1CC[N+](O)([C@@H]2CCC3=CC4=CC[C@]5(C)[C@@H](c6ccc7ccccc7c6)CC[C@H]5[C@@]45CC[C@]3(C2)O5)CC1. The van der Waals surface area contributed by atoms with Gasteiger partial charge in [-0.2, -0.15) is 4.65 Å². The van der Waals surface area contributed by atoms with E-state index in [4.69, 9.17) is 4.74 Å². The Kier molecular flexibility index (Phi) is 5.05. The highest BCUT2D eigenvalue weighted by atomic mass is 16.6. The second kappa shape index (κ2) is 8.04. The fourth-order valence-electron chi connectivity index (χ4n) is 10.0. The van der Waals surface area contributed by atoms with E-state index in [0.29, 0.717) is 17.9 Å². The van der Waals surface area contributed by atoms with Crippen molar-refractivity contribution >= 4 is 10.8 Å². The fraction of sp³-hybridized carbons (Fsp3) is 0.588. The van der Waals surface area contributed by atoms with E-state index in [1.54, 1.807) is 0 Å². The van der Waals surface area contributed by atoms with Crippen LogP contribution in [0.2, 0.25) is 0 Å². The molecule has 4 nitrogen and oxygen atoms in total. The quantitative estimate of drug-likeness (QED) is 0.461. The van der Waals surface area contributed by atoms with Crippen molar-refractivity contribution in [3.05, 3.63) is 71.3 Å². The minimum absolute atomic E-state index is 0.133. The van der Waals surface area contributed by atoms with Gasteiger partial charge in [-0.1, -0.05) is 61.5 Å². The summed E-state index contributed by atoms with van der Waals surface area (Å²) in [5.41, 5.74) is 4.47. The van der Waals surface area contributed by atoms with Crippen LogP contribution >= 0.6 is 0 Å². The Labute approximate surface area is 227 Å². The van der Waals surface area contributed by atoms with Gasteiger partial charge in [0.2, 0.25) is 0 Å². The van der Waals surface area contributed by atoms with Crippen LogP contribution in [0.25, 0.3) is 10.8 Å². The number of fused-ring (bicyclic) bond motifs is 2. The van der Waals surface area contributed by atoms with E-state index in [9.17, 15) is 5.21 Å². The van der Waals surface area contributed by atoms with E-state index in [2.05, 4.69) is 73.5 Å². The zero-order valence-electron chi connectivity index (χ0n) is 23.2. The Morgan fingerprint density at radius 2 is 1.82 bits per heavy atom. The Bertz CT molecular complexity index is 1360. The molecule has 200 valence electrons. The molecule has 8 rings (SSSR count). The van der Waals surface area contributed by atoms with E-state index in [1.807, 2.05) is 0 Å². The van der Waals surface area contributed by atoms with Crippen molar-refractivity contribution < 1.29 is 14.6 Å². The molecule has 3 heterocycles. The third-order valence-electron chi connectivity index (χ3n) is 12.2. The van der Waals surface area contributed by atoms with Gasteiger partial charge in [0.25, 0.3) is 0 Å². The molecule has 0 unspecified atom stereocenters. The summed E-state index contributed by atoms with van der Waals surface area (Å²) in [6, 6.07) is 16.3. The number of hydrogen-bond acceptors (Lipinski definition) is 3. The first-order chi connectivity index (χ1) is 18.3. The van der Waals surface area contributed by atoms with Crippen LogP contribution in [0.4, 0.5) is 0 Å². The predicted molar refractivity (Wildman–Crippen MR) is 151 cm³/mol. The van der Waals surface area contributed by atoms with Crippen LogP contribution in [0.5, 0.6) is 0 Å². The average Bonchev–Trinajstić information content (AvgIpc) is 3.45. The number of benzene rings is 2. The van der Waals surface area contributed by atoms with Crippen LogP contribution in [-0.4, -0.2) is 65.2 Å². The van der Waals surface area contributed by atoms with Gasteiger partial charge in [0, 0.05) is 12.8 Å². The Hall–Kier alpha value is -1.98. The summed E-state index contributed by atoms with van der Waals surface area (Å²) in [7, 11) is 2.18. The molecule has 0 aromatic heterocycles. The highest BCUT2D eigenvalue weighted by Crippen LogP contribution is 2.69. The molecule has 2 saturated carbocycles. The van der Waals surface area contributed by atoms with Crippen molar-refractivity contribution in [2.45, 2.75) is 81.5 Å². The number of hydroxylamine groups is 3. The summed E-state index contributed by atoms with van der Waals surface area (Å²) in [5.74, 6) is 1.13. The van der Waals surface area contributed by atoms with Gasteiger partial charge in [-0.3, -0.25) is 4.90 Å². The molecule has 38 heavy (non-hydrogen) atoms. The zero-order chi connectivity index (χ0) is 25.8. The van der Waals surface area contributed by atoms with Crippen molar-refractivity contribution in [1.82, 2.24) is 4.90 Å². The van der Waals surface area contributed by atoms with Gasteiger partial charge in [0.05, 0.1) is 24.3 Å². The number of nitrogens with zero attached hydrogens (tertiary/aromatic N) is 2. The maximum absolute atomic E-state index is 11.7. The van der Waals surface area contributed by atoms with Gasteiger partial charge in [0.15, 0.2) is 0 Å². The molecule has 2 spiro atoms. The lowest BCUT2D eigenvalue weighted by molar-refractivity contribution is -1.12. The summed E-state index contributed by atoms with van der Waals surface area (Å²) in [6.07, 6.45) is 14.2. The molecular weight excluding hydrogens is 468 g/mol. The highest BCUT2D eigenvalue weighted by molar-refractivity contribution is 5.83. The predicted octanol–water partition coefficient (Wildman–Crippen LogP) is 6.60. The molecule has 2 bridgehead atoms. The van der Waals surface area contributed by atoms with Crippen molar-refractivity contribution in [2.75, 3.05) is 33.2 Å². The van der Waals surface area contributed by atoms with Gasteiger partial charge in [-0.05, 0) is 90.3 Å². The van der Waals surface area contributed by atoms with Crippen LogP contribution < -0.4 is 0 Å². The second-order valence-corrected chi connectivity index (χ2v) is 13.9. The summed E-state index contributed by atoms with van der Waals surface area (Å²) < 4.78 is 7.79. The number of likely N-dealkylation sites (N-methyl/N-ethyl adjacent to an activating group) is 1. The van der Waals surface area contributed by atoms with Gasteiger partial charge < -0.3 is 4.74 Å². The first kappa shape index (κ1) is 23.9. The van der Waals surface area contributed by atoms with E-state index in [1.165, 1.54) is 40.3 Å². The van der Waals surface area contributed by atoms with Crippen molar-refractivity contribution in [1.29, 1.82) is 0 Å². The minimum Gasteiger partial charge on any atom is -0.359 e. The Morgan fingerprint density at radius 3 is 2.66 bits per heavy atom.